The number of hydrogen-bond acceptors (Lipinski definition) is 15. The second kappa shape index (κ2) is 64.4. The van der Waals surface area contributed by atoms with Crippen LogP contribution in [0.1, 0.15) is 376 Å². The van der Waals surface area contributed by atoms with Gasteiger partial charge in [-0.05, 0) is 49.4 Å². The fourth-order valence-corrected chi connectivity index (χ4v) is 12.9. The summed E-state index contributed by atoms with van der Waals surface area (Å²) in [5.41, 5.74) is 0. The SMILES string of the molecule is CCC(C)CCCCCCCCCCC(=O)OC[C@H](COP(=O)(O)OCC(O)COP(=O)(O)OC[C@@H](COC(=O)CCCCCCCCCC(C)C)OC(=O)CCCCCCCCCCC(C)C)OC(=O)CCCCCCCCCCCCCCCCCCCCC(C)C. The van der Waals surface area contributed by atoms with E-state index in [9.17, 15) is 43.2 Å². The predicted octanol–water partition coefficient (Wildman–Crippen LogP) is 21.7. The molecule has 0 aromatic heterocycles. The Labute approximate surface area is 575 Å². The molecule has 0 aromatic rings. The predicted molar refractivity (Wildman–Crippen MR) is 381 cm³/mol. The summed E-state index contributed by atoms with van der Waals surface area (Å²) in [5, 5.41) is 10.6. The lowest BCUT2D eigenvalue weighted by Gasteiger charge is -2.21. The maximum absolute atomic E-state index is 13.1. The molecule has 0 bridgehead atoms. The van der Waals surface area contributed by atoms with E-state index in [2.05, 4.69) is 55.4 Å². The Balaban J connectivity index is 5.20. The second-order valence-electron chi connectivity index (χ2n) is 28.7. The van der Waals surface area contributed by atoms with E-state index >= 15 is 0 Å². The molecule has 0 saturated carbocycles. The molecule has 94 heavy (non-hydrogen) atoms. The first-order valence-electron chi connectivity index (χ1n) is 38.7. The van der Waals surface area contributed by atoms with Crippen LogP contribution in [-0.2, 0) is 65.4 Å². The molecule has 0 aromatic carbocycles. The maximum atomic E-state index is 13.1. The molecule has 0 spiro atoms. The third kappa shape index (κ3) is 67.3. The zero-order chi connectivity index (χ0) is 69.6. The molecule has 4 unspecified atom stereocenters. The lowest BCUT2D eigenvalue weighted by Crippen LogP contribution is -2.30. The van der Waals surface area contributed by atoms with Crippen LogP contribution in [-0.4, -0.2) is 96.7 Å². The zero-order valence-electron chi connectivity index (χ0n) is 61.6. The van der Waals surface area contributed by atoms with Crippen LogP contribution in [0.25, 0.3) is 0 Å². The number of rotatable bonds is 72. The summed E-state index contributed by atoms with van der Waals surface area (Å²) in [6, 6.07) is 0. The van der Waals surface area contributed by atoms with E-state index in [1.807, 2.05) is 0 Å². The normalized spacial score (nSPS) is 14.4. The number of aliphatic hydroxyl groups is 1. The van der Waals surface area contributed by atoms with E-state index in [0.29, 0.717) is 31.6 Å². The molecule has 0 heterocycles. The molecule has 3 N–H and O–H groups in total. The fourth-order valence-electron chi connectivity index (χ4n) is 11.3. The van der Waals surface area contributed by atoms with Gasteiger partial charge in [0, 0.05) is 25.7 Å². The van der Waals surface area contributed by atoms with Gasteiger partial charge in [0.2, 0.25) is 0 Å². The summed E-state index contributed by atoms with van der Waals surface area (Å²) in [6.07, 6.45) is 48.8. The van der Waals surface area contributed by atoms with E-state index in [-0.39, 0.29) is 25.7 Å². The molecule has 0 aliphatic carbocycles. The molecule has 0 radical (unpaired) electrons. The quantitative estimate of drug-likeness (QED) is 0.0222. The summed E-state index contributed by atoms with van der Waals surface area (Å²) >= 11 is 0. The van der Waals surface area contributed by atoms with E-state index < -0.39 is 97.5 Å². The van der Waals surface area contributed by atoms with E-state index in [1.54, 1.807) is 0 Å². The van der Waals surface area contributed by atoms with Crippen molar-refractivity contribution < 1.29 is 80.2 Å². The van der Waals surface area contributed by atoms with Crippen molar-refractivity contribution in [1.82, 2.24) is 0 Å². The molecule has 0 amide bonds. The Bertz CT molecular complexity index is 1850. The van der Waals surface area contributed by atoms with Gasteiger partial charge in [-0.2, -0.15) is 0 Å². The number of aliphatic hydroxyl groups excluding tert-OH is 1. The third-order valence-corrected chi connectivity index (χ3v) is 19.6. The van der Waals surface area contributed by atoms with Gasteiger partial charge in [-0.15, -0.1) is 0 Å². The fraction of sp³-hybridized carbons (Fsp3) is 0.947. The lowest BCUT2D eigenvalue weighted by molar-refractivity contribution is -0.161. The highest BCUT2D eigenvalue weighted by Crippen LogP contribution is 2.45. The van der Waals surface area contributed by atoms with Gasteiger partial charge < -0.3 is 33.8 Å². The van der Waals surface area contributed by atoms with Crippen LogP contribution >= 0.6 is 15.6 Å². The van der Waals surface area contributed by atoms with Crippen LogP contribution in [0.3, 0.4) is 0 Å². The molecule has 0 aliphatic rings. The Morgan fingerprint density at radius 1 is 0.298 bits per heavy atom. The zero-order valence-corrected chi connectivity index (χ0v) is 63.4. The van der Waals surface area contributed by atoms with Crippen molar-refractivity contribution in [3.8, 4) is 0 Å². The molecule has 17 nitrogen and oxygen atoms in total. The number of esters is 4. The van der Waals surface area contributed by atoms with Crippen molar-refractivity contribution in [2.45, 2.75) is 395 Å². The Morgan fingerprint density at radius 3 is 0.755 bits per heavy atom. The Kier molecular flexibility index (Phi) is 63.1. The standard InChI is InChI=1S/C75H146O17P2/c1-9-68(8)54-46-38-30-23-25-31-39-47-55-72(77)85-61-70(91-74(79)57-49-41-32-21-19-17-15-13-11-10-12-14-16-18-20-27-35-43-51-65(2)3)63-89-93(81,82)87-59-69(76)60-88-94(83,84)90-64-71(62-86-73(78)56-48-40-34-26-29-37-45-53-67(6)7)92-75(80)58-50-42-33-24-22-28-36-44-52-66(4)5/h65-71,76H,9-64H2,1-8H3,(H,81,82)(H,83,84)/t68?,69?,70-,71-/m1/s1. The van der Waals surface area contributed by atoms with Crippen LogP contribution in [0.2, 0.25) is 0 Å². The summed E-state index contributed by atoms with van der Waals surface area (Å²) in [4.78, 5) is 72.7. The summed E-state index contributed by atoms with van der Waals surface area (Å²) in [6.45, 7) is 14.1. The average Bonchev–Trinajstić information content (AvgIpc) is 1.92. The minimum Gasteiger partial charge on any atom is -0.462 e. The second-order valence-corrected chi connectivity index (χ2v) is 31.6. The van der Waals surface area contributed by atoms with Crippen LogP contribution < -0.4 is 0 Å². The molecule has 0 fully saturated rings. The number of carbonyl (C=O) groups excluding carboxylic acids is 4. The van der Waals surface area contributed by atoms with Gasteiger partial charge >= 0.3 is 39.5 Å². The van der Waals surface area contributed by atoms with E-state index in [4.69, 9.17) is 37.0 Å². The van der Waals surface area contributed by atoms with Gasteiger partial charge in [-0.25, -0.2) is 9.13 Å². The lowest BCUT2D eigenvalue weighted by atomic mass is 9.99. The molecule has 0 saturated heterocycles. The number of ether oxygens (including phenoxy) is 4. The van der Waals surface area contributed by atoms with Gasteiger partial charge in [-0.1, -0.05) is 325 Å². The van der Waals surface area contributed by atoms with E-state index in [1.165, 1.54) is 173 Å². The van der Waals surface area contributed by atoms with Crippen LogP contribution in [0, 0.1) is 23.7 Å². The smallest absolute Gasteiger partial charge is 0.462 e. The van der Waals surface area contributed by atoms with Gasteiger partial charge in [-0.3, -0.25) is 37.3 Å². The first kappa shape index (κ1) is 92.1. The van der Waals surface area contributed by atoms with Crippen molar-refractivity contribution in [3.63, 3.8) is 0 Å². The first-order valence-corrected chi connectivity index (χ1v) is 41.7. The summed E-state index contributed by atoms with van der Waals surface area (Å²) in [7, 11) is -9.91. The monoisotopic (exact) mass is 1380 g/mol. The molecule has 19 heteroatoms. The summed E-state index contributed by atoms with van der Waals surface area (Å²) in [5.74, 6) is 0.895. The molecule has 0 rings (SSSR count). The van der Waals surface area contributed by atoms with Crippen molar-refractivity contribution in [2.24, 2.45) is 23.7 Å². The molecular formula is C75H146O17P2. The van der Waals surface area contributed by atoms with Crippen molar-refractivity contribution in [3.05, 3.63) is 0 Å². The highest BCUT2D eigenvalue weighted by molar-refractivity contribution is 7.47. The van der Waals surface area contributed by atoms with Gasteiger partial charge in [0.15, 0.2) is 12.2 Å². The van der Waals surface area contributed by atoms with Crippen LogP contribution in [0.4, 0.5) is 0 Å². The molecule has 0 aliphatic heterocycles. The number of carbonyl (C=O) groups is 4. The highest BCUT2D eigenvalue weighted by Gasteiger charge is 2.30. The number of phosphoric acid groups is 2. The topological polar surface area (TPSA) is 237 Å². The molecule has 6 atom stereocenters. The largest absolute Gasteiger partial charge is 0.472 e. The third-order valence-electron chi connectivity index (χ3n) is 17.7. The first-order chi connectivity index (χ1) is 45.1. The van der Waals surface area contributed by atoms with Crippen molar-refractivity contribution in [1.29, 1.82) is 0 Å². The highest BCUT2D eigenvalue weighted by atomic mass is 31.2. The minimum absolute atomic E-state index is 0.103. The van der Waals surface area contributed by atoms with E-state index in [0.717, 1.165) is 114 Å². The van der Waals surface area contributed by atoms with Crippen LogP contribution in [0.5, 0.6) is 0 Å². The molecular weight excluding hydrogens is 1230 g/mol. The van der Waals surface area contributed by atoms with Crippen LogP contribution in [0.15, 0.2) is 0 Å². The van der Waals surface area contributed by atoms with Gasteiger partial charge in [0.05, 0.1) is 26.4 Å². The van der Waals surface area contributed by atoms with Gasteiger partial charge in [0.25, 0.3) is 0 Å². The minimum atomic E-state index is -4.96. The Morgan fingerprint density at radius 2 is 0.511 bits per heavy atom. The van der Waals surface area contributed by atoms with Gasteiger partial charge in [0.1, 0.15) is 19.3 Å². The summed E-state index contributed by atoms with van der Waals surface area (Å²) < 4.78 is 68.4. The molecule has 558 valence electrons. The maximum Gasteiger partial charge on any atom is 0.472 e. The number of hydrogen-bond donors (Lipinski definition) is 3. The average molecular weight is 1380 g/mol. The number of unbranched alkanes of at least 4 members (excludes halogenated alkanes) is 37. The number of phosphoric ester groups is 2. The van der Waals surface area contributed by atoms with Crippen molar-refractivity contribution >= 4 is 39.5 Å². The Hall–Kier alpha value is -1.94. The van der Waals surface area contributed by atoms with Crippen molar-refractivity contribution in [2.75, 3.05) is 39.6 Å².